The van der Waals surface area contributed by atoms with E-state index in [1.807, 2.05) is 0 Å². The Morgan fingerprint density at radius 2 is 1.46 bits per heavy atom. The summed E-state index contributed by atoms with van der Waals surface area (Å²) in [6.07, 6.45) is -8.69. The zero-order valence-electron chi connectivity index (χ0n) is 20.4. The monoisotopic (exact) mass is 574 g/mol. The minimum Gasteiger partial charge on any atom is -0.829 e. The van der Waals surface area contributed by atoms with Gasteiger partial charge in [-0.3, -0.25) is 8.98 Å². The summed E-state index contributed by atoms with van der Waals surface area (Å²) in [7, 11) is -5.28. The molecule has 1 aliphatic rings. The number of hydrogen-bond acceptors (Lipinski definition) is 10. The van der Waals surface area contributed by atoms with E-state index in [-0.39, 0.29) is 11.1 Å². The Morgan fingerprint density at radius 3 is 1.95 bits per heavy atom. The lowest BCUT2D eigenvalue weighted by Crippen LogP contribution is -2.69. The van der Waals surface area contributed by atoms with Crippen LogP contribution in [0, 0.1) is 0 Å². The maximum absolute atomic E-state index is 13.3. The second-order valence-electron chi connectivity index (χ2n) is 8.32. The van der Waals surface area contributed by atoms with Gasteiger partial charge in [0.15, 0.2) is 6.10 Å². The van der Waals surface area contributed by atoms with Crippen LogP contribution in [0.5, 0.6) is 0 Å². The molecule has 0 bridgehead atoms. The van der Waals surface area contributed by atoms with E-state index in [0.29, 0.717) is 0 Å². The number of carbonyl (C=O) groups is 3. The maximum Gasteiger partial charge on any atom is 0.523 e. The first-order chi connectivity index (χ1) is 18.2. The van der Waals surface area contributed by atoms with Gasteiger partial charge >= 0.3 is 27.6 Å². The fourth-order valence-electron chi connectivity index (χ4n) is 3.67. The molecular formula is C24H23F3NO10S-. The Labute approximate surface area is 221 Å². The van der Waals surface area contributed by atoms with E-state index in [1.54, 1.807) is 12.1 Å². The molecule has 0 aromatic heterocycles. The fraction of sp³-hybridized carbons (Fsp3) is 0.375. The van der Waals surface area contributed by atoms with Gasteiger partial charge in [0.1, 0.15) is 18.8 Å². The average Bonchev–Trinajstić information content (AvgIpc) is 2.88. The number of carbonyl (C=O) groups excluding carboxylic acids is 3. The van der Waals surface area contributed by atoms with Gasteiger partial charge in [-0.2, -0.15) is 21.6 Å². The van der Waals surface area contributed by atoms with Gasteiger partial charge in [-0.25, -0.2) is 9.59 Å². The molecule has 1 saturated heterocycles. The first-order valence-corrected chi connectivity index (χ1v) is 12.7. The van der Waals surface area contributed by atoms with Crippen LogP contribution >= 0.6 is 0 Å². The molecule has 0 saturated carbocycles. The number of amides is 1. The van der Waals surface area contributed by atoms with E-state index < -0.39 is 70.7 Å². The molecule has 2 aromatic carbocycles. The second-order valence-corrected chi connectivity index (χ2v) is 9.89. The number of hydrogen-bond donors (Lipinski definition) is 0. The molecule has 1 fully saturated rings. The van der Waals surface area contributed by atoms with Gasteiger partial charge in [-0.15, -0.1) is 0 Å². The maximum atomic E-state index is 13.3. The number of benzene rings is 2. The molecule has 212 valence electrons. The molecule has 5 atom stereocenters. The van der Waals surface area contributed by atoms with Gasteiger partial charge in [-0.05, 0) is 24.3 Å². The van der Waals surface area contributed by atoms with Gasteiger partial charge in [0.2, 0.25) is 5.91 Å². The zero-order chi connectivity index (χ0) is 29.0. The summed E-state index contributed by atoms with van der Waals surface area (Å²) in [6, 6.07) is 12.6. The highest BCUT2D eigenvalue weighted by atomic mass is 32.2. The third-order valence-electron chi connectivity index (χ3n) is 5.72. The summed E-state index contributed by atoms with van der Waals surface area (Å²) < 4.78 is 83.9. The van der Waals surface area contributed by atoms with E-state index in [9.17, 15) is 41.1 Å². The molecule has 1 heterocycles. The Morgan fingerprint density at radius 1 is 0.949 bits per heavy atom. The van der Waals surface area contributed by atoms with Crippen LogP contribution in [0.4, 0.5) is 13.2 Å². The molecule has 0 spiro atoms. The highest BCUT2D eigenvalue weighted by Gasteiger charge is 2.55. The second kappa shape index (κ2) is 12.1. The predicted octanol–water partition coefficient (Wildman–Crippen LogP) is 1.24. The summed E-state index contributed by atoms with van der Waals surface area (Å²) >= 11 is 0. The normalized spacial score (nSPS) is 23.5. The lowest BCUT2D eigenvalue weighted by atomic mass is 9.95. The van der Waals surface area contributed by atoms with Gasteiger partial charge in [0.05, 0.1) is 17.2 Å². The topological polar surface area (TPSA) is 149 Å². The number of nitrogens with zero attached hydrogens (tertiary/aromatic N) is 1. The summed E-state index contributed by atoms with van der Waals surface area (Å²) in [6.45, 7) is 0.0548. The summed E-state index contributed by atoms with van der Waals surface area (Å²) in [4.78, 5) is 38.0. The molecule has 0 N–H and O–H groups in total. The van der Waals surface area contributed by atoms with Crippen molar-refractivity contribution in [2.45, 2.75) is 43.1 Å². The first-order valence-electron chi connectivity index (χ1n) is 11.3. The third-order valence-corrected chi connectivity index (χ3v) is 6.76. The number of rotatable bonds is 8. The minimum absolute atomic E-state index is 0.0357. The number of likely N-dealkylation sites (N-methyl/N-ethyl adjacent to an activating group) is 1. The van der Waals surface area contributed by atoms with Crippen LogP contribution in [0.3, 0.4) is 0 Å². The molecule has 39 heavy (non-hydrogen) atoms. The highest BCUT2D eigenvalue weighted by Crippen LogP contribution is 2.33. The number of alkyl halides is 3. The largest absolute Gasteiger partial charge is 0.829 e. The van der Waals surface area contributed by atoms with Gasteiger partial charge in [0, 0.05) is 20.3 Å². The molecule has 1 amide bonds. The minimum atomic E-state index is -6.36. The first kappa shape index (κ1) is 30.0. The molecule has 2 aromatic rings. The van der Waals surface area contributed by atoms with Gasteiger partial charge < -0.3 is 24.2 Å². The number of halogens is 3. The van der Waals surface area contributed by atoms with E-state index >= 15 is 0 Å². The van der Waals surface area contributed by atoms with Crippen molar-refractivity contribution in [3.63, 3.8) is 0 Å². The zero-order valence-corrected chi connectivity index (χ0v) is 21.3. The van der Waals surface area contributed by atoms with Crippen LogP contribution in [-0.4, -0.2) is 81.0 Å². The third kappa shape index (κ3) is 7.11. The Bertz CT molecular complexity index is 1270. The van der Waals surface area contributed by atoms with Crippen molar-refractivity contribution in [3.05, 3.63) is 71.8 Å². The van der Waals surface area contributed by atoms with Crippen LogP contribution < -0.4 is 5.11 Å². The number of ether oxygens (including phenoxy) is 3. The van der Waals surface area contributed by atoms with E-state index in [0.717, 1.165) is 18.9 Å². The van der Waals surface area contributed by atoms with Crippen molar-refractivity contribution in [2.24, 2.45) is 0 Å². The fourth-order valence-corrected chi connectivity index (χ4v) is 4.31. The Balaban J connectivity index is 2.02. The Hall–Kier alpha value is -3.53. The van der Waals surface area contributed by atoms with Crippen LogP contribution in [0.2, 0.25) is 0 Å². The van der Waals surface area contributed by atoms with Gasteiger partial charge in [0.25, 0.3) is 0 Å². The van der Waals surface area contributed by atoms with Crippen molar-refractivity contribution < 1.29 is 59.5 Å². The smallest absolute Gasteiger partial charge is 0.523 e. The summed E-state index contributed by atoms with van der Waals surface area (Å²) in [5.74, 6) is -2.91. The molecule has 0 aliphatic carbocycles. The summed E-state index contributed by atoms with van der Waals surface area (Å²) in [5, 5.41) is 13.0. The highest BCUT2D eigenvalue weighted by molar-refractivity contribution is 7.87. The quantitative estimate of drug-likeness (QED) is 0.256. The predicted molar refractivity (Wildman–Crippen MR) is 123 cm³/mol. The average molecular weight is 575 g/mol. The molecule has 11 nitrogen and oxygen atoms in total. The Kier molecular flexibility index (Phi) is 9.32. The summed E-state index contributed by atoms with van der Waals surface area (Å²) in [5.41, 5.74) is -5.98. The van der Waals surface area contributed by atoms with Crippen molar-refractivity contribution >= 4 is 28.0 Å². The van der Waals surface area contributed by atoms with E-state index in [2.05, 4.69) is 4.18 Å². The molecule has 3 rings (SSSR count). The molecular weight excluding hydrogens is 551 g/mol. The SMILES string of the molecule is CC(=O)N(C)[C@@H]1[C@@H](OC(=O)c2ccccc2)[C@@H](OS(=O)(=O)C(F)(F)F)[C@@H](COC(=O)c2ccccc2)O[C@H]1[O-]. The standard InChI is InChI=1S/C24H23F3NO10S/c1-14(29)28(2)18-20(37-22(31)16-11-7-4-8-12-16)19(38-39(33,34)24(25,26)27)17(36-23(18)32)13-35-21(30)15-9-5-3-6-10-15/h3-12,17-20,23H,13H2,1-2H3/q-1/t17-,18-,19+,20-,23-/m1/s1. The van der Waals surface area contributed by atoms with Crippen molar-refractivity contribution in [2.75, 3.05) is 13.7 Å². The van der Waals surface area contributed by atoms with Crippen LogP contribution in [0.1, 0.15) is 27.6 Å². The van der Waals surface area contributed by atoms with Gasteiger partial charge in [-0.1, -0.05) is 36.4 Å². The van der Waals surface area contributed by atoms with E-state index in [4.69, 9.17) is 14.2 Å². The molecule has 0 radical (unpaired) electrons. The lowest BCUT2D eigenvalue weighted by molar-refractivity contribution is -0.523. The molecule has 0 unspecified atom stereocenters. The van der Waals surface area contributed by atoms with Crippen LogP contribution in [-0.2, 0) is 33.3 Å². The van der Waals surface area contributed by atoms with Crippen molar-refractivity contribution in [1.82, 2.24) is 4.90 Å². The lowest BCUT2D eigenvalue weighted by Gasteiger charge is -2.50. The van der Waals surface area contributed by atoms with E-state index in [1.165, 1.54) is 48.5 Å². The van der Waals surface area contributed by atoms with Crippen LogP contribution in [0.15, 0.2) is 60.7 Å². The van der Waals surface area contributed by atoms with Crippen molar-refractivity contribution in [1.29, 1.82) is 0 Å². The molecule has 15 heteroatoms. The van der Waals surface area contributed by atoms with Crippen molar-refractivity contribution in [3.8, 4) is 0 Å². The van der Waals surface area contributed by atoms with Crippen LogP contribution in [0.25, 0.3) is 0 Å². The molecule has 1 aliphatic heterocycles. The number of esters is 2.